The van der Waals surface area contributed by atoms with Crippen LogP contribution in [-0.2, 0) is 16.1 Å². The van der Waals surface area contributed by atoms with Crippen molar-refractivity contribution in [2.75, 3.05) is 12.3 Å². The van der Waals surface area contributed by atoms with E-state index in [1.165, 1.54) is 5.56 Å². The summed E-state index contributed by atoms with van der Waals surface area (Å²) in [7, 11) is 0. The van der Waals surface area contributed by atoms with Crippen LogP contribution in [0.15, 0.2) is 53.4 Å². The molecule has 1 atom stereocenters. The number of amides is 2. The van der Waals surface area contributed by atoms with E-state index in [0.717, 1.165) is 16.0 Å². The van der Waals surface area contributed by atoms with Gasteiger partial charge in [-0.05, 0) is 44.4 Å². The number of benzene rings is 2. The fourth-order valence-electron chi connectivity index (χ4n) is 3.08. The van der Waals surface area contributed by atoms with Crippen molar-refractivity contribution in [1.82, 2.24) is 10.2 Å². The second-order valence-electron chi connectivity index (χ2n) is 8.24. The number of rotatable bonds is 10. The minimum absolute atomic E-state index is 0.00307. The first-order valence-electron chi connectivity index (χ1n) is 10.6. The lowest BCUT2D eigenvalue weighted by Crippen LogP contribution is -2.48. The Hall–Kier alpha value is -2.27. The lowest BCUT2D eigenvalue weighted by atomic mass is 10.1. The first kappa shape index (κ1) is 24.0. The molecule has 0 aromatic heterocycles. The fraction of sp³-hybridized carbons (Fsp3) is 0.440. The molecule has 0 unspecified atom stereocenters. The van der Waals surface area contributed by atoms with Crippen molar-refractivity contribution in [2.24, 2.45) is 5.92 Å². The van der Waals surface area contributed by atoms with Crippen molar-refractivity contribution in [3.63, 3.8) is 0 Å². The topological polar surface area (TPSA) is 49.4 Å². The zero-order valence-electron chi connectivity index (χ0n) is 18.8. The van der Waals surface area contributed by atoms with E-state index in [1.807, 2.05) is 32.0 Å². The molecular weight excluding hydrogens is 392 g/mol. The molecule has 0 aliphatic rings. The Balaban J connectivity index is 2.05. The maximum Gasteiger partial charge on any atom is 0.242 e. The predicted octanol–water partition coefficient (Wildman–Crippen LogP) is 4.98. The van der Waals surface area contributed by atoms with E-state index in [2.05, 4.69) is 56.4 Å². The number of hydrogen-bond donors (Lipinski definition) is 1. The summed E-state index contributed by atoms with van der Waals surface area (Å²) in [6, 6.07) is 15.9. The van der Waals surface area contributed by atoms with Gasteiger partial charge in [0.15, 0.2) is 0 Å². The quantitative estimate of drug-likeness (QED) is 0.546. The summed E-state index contributed by atoms with van der Waals surface area (Å²) in [4.78, 5) is 28.6. The molecule has 2 amide bonds. The molecule has 162 valence electrons. The average Bonchev–Trinajstić information content (AvgIpc) is 2.71. The van der Waals surface area contributed by atoms with E-state index in [4.69, 9.17) is 0 Å². The molecule has 1 N–H and O–H groups in total. The van der Waals surface area contributed by atoms with Gasteiger partial charge in [0.1, 0.15) is 6.04 Å². The summed E-state index contributed by atoms with van der Waals surface area (Å²) in [5, 5.41) is 2.96. The molecule has 0 saturated carbocycles. The number of carbonyl (C=O) groups excluding carboxylic acids is 2. The highest BCUT2D eigenvalue weighted by atomic mass is 32.2. The van der Waals surface area contributed by atoms with Crippen molar-refractivity contribution in [3.05, 3.63) is 65.2 Å². The van der Waals surface area contributed by atoms with Gasteiger partial charge >= 0.3 is 0 Å². The molecule has 2 aromatic rings. The van der Waals surface area contributed by atoms with E-state index in [0.29, 0.717) is 31.2 Å². The smallest absolute Gasteiger partial charge is 0.242 e. The lowest BCUT2D eigenvalue weighted by Gasteiger charge is -2.29. The van der Waals surface area contributed by atoms with Gasteiger partial charge in [-0.15, -0.1) is 11.8 Å². The summed E-state index contributed by atoms with van der Waals surface area (Å²) in [5.74, 6) is 0.958. The third kappa shape index (κ3) is 7.86. The second kappa shape index (κ2) is 11.8. The van der Waals surface area contributed by atoms with Gasteiger partial charge in [-0.2, -0.15) is 0 Å². The maximum absolute atomic E-state index is 13.1. The van der Waals surface area contributed by atoms with Crippen LogP contribution in [0.5, 0.6) is 0 Å². The SMILES string of the molecule is Cc1ccc(SCCC(=O)N(Cc2cccc(C)c2)[C@H](C)C(=O)NCC(C)C)cc1. The van der Waals surface area contributed by atoms with Gasteiger partial charge in [0.2, 0.25) is 11.8 Å². The van der Waals surface area contributed by atoms with Gasteiger partial charge in [-0.3, -0.25) is 9.59 Å². The van der Waals surface area contributed by atoms with Crippen molar-refractivity contribution >= 4 is 23.6 Å². The first-order valence-corrected chi connectivity index (χ1v) is 11.6. The van der Waals surface area contributed by atoms with Gasteiger partial charge in [-0.1, -0.05) is 61.4 Å². The molecule has 0 spiro atoms. The monoisotopic (exact) mass is 426 g/mol. The van der Waals surface area contributed by atoms with Gasteiger partial charge in [0, 0.05) is 30.2 Å². The standard InChI is InChI=1S/C25H34N2O2S/c1-18(2)16-26-25(29)21(5)27(17-22-8-6-7-20(4)15-22)24(28)13-14-30-23-11-9-19(3)10-12-23/h6-12,15,18,21H,13-14,16-17H2,1-5H3,(H,26,29)/t21-/m1/s1. The Morgan fingerprint density at radius 1 is 1.00 bits per heavy atom. The zero-order valence-corrected chi connectivity index (χ0v) is 19.6. The number of thioether (sulfide) groups is 1. The summed E-state index contributed by atoms with van der Waals surface area (Å²) in [5.41, 5.74) is 3.41. The number of nitrogens with zero attached hydrogens (tertiary/aromatic N) is 1. The van der Waals surface area contributed by atoms with Crippen LogP contribution in [0.25, 0.3) is 0 Å². The lowest BCUT2D eigenvalue weighted by molar-refractivity contribution is -0.140. The Labute approximate surface area is 185 Å². The molecule has 0 radical (unpaired) electrons. The number of nitrogens with one attached hydrogen (secondary N) is 1. The number of hydrogen-bond acceptors (Lipinski definition) is 3. The minimum Gasteiger partial charge on any atom is -0.354 e. The van der Waals surface area contributed by atoms with E-state index in [1.54, 1.807) is 16.7 Å². The van der Waals surface area contributed by atoms with Crippen LogP contribution in [0.1, 0.15) is 43.9 Å². The van der Waals surface area contributed by atoms with E-state index >= 15 is 0 Å². The second-order valence-corrected chi connectivity index (χ2v) is 9.41. The predicted molar refractivity (Wildman–Crippen MR) is 126 cm³/mol. The van der Waals surface area contributed by atoms with Crippen molar-refractivity contribution in [3.8, 4) is 0 Å². The Kier molecular flexibility index (Phi) is 9.44. The minimum atomic E-state index is -0.513. The van der Waals surface area contributed by atoms with Gasteiger partial charge in [0.05, 0.1) is 0 Å². The van der Waals surface area contributed by atoms with Gasteiger partial charge in [0.25, 0.3) is 0 Å². The van der Waals surface area contributed by atoms with Gasteiger partial charge in [-0.25, -0.2) is 0 Å². The highest BCUT2D eigenvalue weighted by Gasteiger charge is 2.25. The first-order chi connectivity index (χ1) is 14.3. The molecule has 0 heterocycles. The maximum atomic E-state index is 13.1. The summed E-state index contributed by atoms with van der Waals surface area (Å²) < 4.78 is 0. The van der Waals surface area contributed by atoms with Crippen LogP contribution in [0.4, 0.5) is 0 Å². The molecule has 0 bridgehead atoms. The third-order valence-corrected chi connectivity index (χ3v) is 5.91. The van der Waals surface area contributed by atoms with Crippen LogP contribution in [-0.4, -0.2) is 35.1 Å². The van der Waals surface area contributed by atoms with E-state index < -0.39 is 6.04 Å². The summed E-state index contributed by atoms with van der Waals surface area (Å²) >= 11 is 1.67. The molecular formula is C25H34N2O2S. The largest absolute Gasteiger partial charge is 0.354 e. The van der Waals surface area contributed by atoms with Gasteiger partial charge < -0.3 is 10.2 Å². The van der Waals surface area contributed by atoms with Crippen LogP contribution < -0.4 is 5.32 Å². The Morgan fingerprint density at radius 2 is 1.70 bits per heavy atom. The highest BCUT2D eigenvalue weighted by Crippen LogP contribution is 2.20. The molecule has 5 heteroatoms. The van der Waals surface area contributed by atoms with E-state index in [-0.39, 0.29) is 11.8 Å². The van der Waals surface area contributed by atoms with Crippen molar-refractivity contribution in [2.45, 2.75) is 58.5 Å². The van der Waals surface area contributed by atoms with Crippen molar-refractivity contribution in [1.29, 1.82) is 0 Å². The summed E-state index contributed by atoms with van der Waals surface area (Å²) in [6.07, 6.45) is 0.395. The molecule has 4 nitrogen and oxygen atoms in total. The summed E-state index contributed by atoms with van der Waals surface area (Å²) in [6.45, 7) is 11.1. The molecule has 0 aliphatic heterocycles. The van der Waals surface area contributed by atoms with Crippen LogP contribution in [0.2, 0.25) is 0 Å². The Morgan fingerprint density at radius 3 is 2.33 bits per heavy atom. The molecule has 0 aliphatic carbocycles. The molecule has 2 rings (SSSR count). The van der Waals surface area contributed by atoms with Crippen LogP contribution in [0.3, 0.4) is 0 Å². The number of carbonyl (C=O) groups is 2. The fourth-order valence-corrected chi connectivity index (χ4v) is 3.92. The Bertz CT molecular complexity index is 833. The van der Waals surface area contributed by atoms with Crippen LogP contribution >= 0.6 is 11.8 Å². The number of aryl methyl sites for hydroxylation is 2. The van der Waals surface area contributed by atoms with Crippen molar-refractivity contribution < 1.29 is 9.59 Å². The molecule has 30 heavy (non-hydrogen) atoms. The van der Waals surface area contributed by atoms with E-state index in [9.17, 15) is 9.59 Å². The van der Waals surface area contributed by atoms with Crippen LogP contribution in [0, 0.1) is 19.8 Å². The molecule has 0 fully saturated rings. The molecule has 0 saturated heterocycles. The third-order valence-electron chi connectivity index (χ3n) is 4.89. The average molecular weight is 427 g/mol. The molecule has 2 aromatic carbocycles. The normalized spacial score (nSPS) is 11.9. The zero-order chi connectivity index (χ0) is 22.1. The highest BCUT2D eigenvalue weighted by molar-refractivity contribution is 7.99.